The molecule has 8 heteroatoms. The maximum atomic E-state index is 11.6. The zero-order valence-electron chi connectivity index (χ0n) is 8.98. The first-order valence-corrected chi connectivity index (χ1v) is 6.89. The molecule has 1 unspecified atom stereocenters. The summed E-state index contributed by atoms with van der Waals surface area (Å²) in [5, 5.41) is 0. The minimum atomic E-state index is -3.76. The summed E-state index contributed by atoms with van der Waals surface area (Å²) in [5.74, 6) is 0.787. The van der Waals surface area contributed by atoms with Gasteiger partial charge < -0.3 is 4.74 Å². The van der Waals surface area contributed by atoms with Crippen molar-refractivity contribution in [3.8, 4) is 0 Å². The van der Waals surface area contributed by atoms with E-state index in [4.69, 9.17) is 11.6 Å². The van der Waals surface area contributed by atoms with E-state index in [1.807, 2.05) is 4.72 Å². The molecule has 16 heavy (non-hydrogen) atoms. The van der Waals surface area contributed by atoms with Crippen LogP contribution in [0.5, 0.6) is 0 Å². The predicted octanol–water partition coefficient (Wildman–Crippen LogP) is 0.538. The van der Waals surface area contributed by atoms with Gasteiger partial charge in [-0.05, 0) is 18.8 Å². The molecule has 6 nitrogen and oxygen atoms in total. The van der Waals surface area contributed by atoms with E-state index in [0.717, 1.165) is 20.0 Å². The first-order chi connectivity index (χ1) is 7.49. The number of nitrogens with one attached hydrogen (secondary N) is 1. The third kappa shape index (κ3) is 3.50. The van der Waals surface area contributed by atoms with Crippen LogP contribution < -0.4 is 4.72 Å². The summed E-state index contributed by atoms with van der Waals surface area (Å²) in [6.07, 6.45) is 0.585. The number of ether oxygens (including phenoxy) is 1. The largest absolute Gasteiger partial charge is 0.452 e. The summed E-state index contributed by atoms with van der Waals surface area (Å²) in [6.45, 7) is 0.812. The topological polar surface area (TPSA) is 75.7 Å². The van der Waals surface area contributed by atoms with Crippen molar-refractivity contribution < 1.29 is 17.9 Å². The van der Waals surface area contributed by atoms with Crippen LogP contribution in [-0.4, -0.2) is 44.9 Å². The van der Waals surface area contributed by atoms with Crippen LogP contribution in [0.2, 0.25) is 0 Å². The summed E-state index contributed by atoms with van der Waals surface area (Å²) < 4.78 is 30.6. The number of carbonyl (C=O) groups is 1. The van der Waals surface area contributed by atoms with Crippen LogP contribution in [-0.2, 0) is 14.9 Å². The zero-order valence-corrected chi connectivity index (χ0v) is 10.6. The molecule has 1 amide bonds. The highest BCUT2D eigenvalue weighted by Gasteiger charge is 2.32. The second-order valence-corrected chi connectivity index (χ2v) is 5.64. The second-order valence-electron chi connectivity index (χ2n) is 3.59. The average Bonchev–Trinajstić information content (AvgIpc) is 2.67. The van der Waals surface area contributed by atoms with Crippen molar-refractivity contribution in [3.63, 3.8) is 0 Å². The Bertz CT molecular complexity index is 346. The molecule has 1 rings (SSSR count). The number of hydrogen-bond donors (Lipinski definition) is 1. The zero-order chi connectivity index (χ0) is 12.2. The van der Waals surface area contributed by atoms with E-state index in [1.54, 1.807) is 0 Å². The molecule has 94 valence electrons. The number of nitrogens with zero attached hydrogens (tertiary/aromatic N) is 1. The Morgan fingerprint density at radius 2 is 2.31 bits per heavy atom. The molecular formula is C8H15ClN2O4S. The molecule has 1 fully saturated rings. The van der Waals surface area contributed by atoms with Crippen molar-refractivity contribution in [3.05, 3.63) is 0 Å². The second kappa shape index (κ2) is 5.70. The molecule has 0 saturated carbocycles. The minimum Gasteiger partial charge on any atom is -0.452 e. The van der Waals surface area contributed by atoms with Gasteiger partial charge in [0.15, 0.2) is 0 Å². The summed E-state index contributed by atoms with van der Waals surface area (Å²) in [4.78, 5) is 10.8. The SMILES string of the molecule is COC(=O)NS(=O)(=O)N1CCC(CCCl)C1. The third-order valence-electron chi connectivity index (χ3n) is 2.50. The fourth-order valence-electron chi connectivity index (χ4n) is 1.62. The highest BCUT2D eigenvalue weighted by atomic mass is 35.5. The summed E-state index contributed by atoms with van der Waals surface area (Å²) in [6, 6.07) is 0. The van der Waals surface area contributed by atoms with Gasteiger partial charge in [-0.1, -0.05) is 0 Å². The molecule has 1 aliphatic heterocycles. The van der Waals surface area contributed by atoms with Crippen molar-refractivity contribution in [2.75, 3.05) is 26.1 Å². The number of methoxy groups -OCH3 is 1. The van der Waals surface area contributed by atoms with E-state index in [9.17, 15) is 13.2 Å². The number of amides is 1. The van der Waals surface area contributed by atoms with Gasteiger partial charge in [-0.3, -0.25) is 0 Å². The Morgan fingerprint density at radius 3 is 2.88 bits per heavy atom. The van der Waals surface area contributed by atoms with Crippen molar-refractivity contribution in [1.82, 2.24) is 9.03 Å². The predicted molar refractivity (Wildman–Crippen MR) is 59.5 cm³/mol. The Labute approximate surface area is 100 Å². The molecule has 1 saturated heterocycles. The van der Waals surface area contributed by atoms with Crippen molar-refractivity contribution in [2.24, 2.45) is 5.92 Å². The van der Waals surface area contributed by atoms with Crippen molar-refractivity contribution in [1.29, 1.82) is 0 Å². The molecule has 0 radical (unpaired) electrons. The van der Waals surface area contributed by atoms with Crippen LogP contribution in [0.3, 0.4) is 0 Å². The van der Waals surface area contributed by atoms with Crippen LogP contribution in [0.1, 0.15) is 12.8 Å². The average molecular weight is 271 g/mol. The highest BCUT2D eigenvalue weighted by molar-refractivity contribution is 7.87. The standard InChI is InChI=1S/C8H15ClN2O4S/c1-15-8(12)10-16(13,14)11-5-3-7(6-11)2-4-9/h7H,2-6H2,1H3,(H,10,12). The lowest BCUT2D eigenvalue weighted by atomic mass is 10.1. The maximum absolute atomic E-state index is 11.6. The Kier molecular flexibility index (Phi) is 4.82. The van der Waals surface area contributed by atoms with Crippen LogP contribution in [0.4, 0.5) is 4.79 Å². The fraction of sp³-hybridized carbons (Fsp3) is 0.875. The van der Waals surface area contributed by atoms with Crippen LogP contribution in [0, 0.1) is 5.92 Å². The van der Waals surface area contributed by atoms with E-state index < -0.39 is 16.3 Å². The van der Waals surface area contributed by atoms with Gasteiger partial charge in [-0.2, -0.15) is 12.7 Å². The van der Waals surface area contributed by atoms with Gasteiger partial charge in [0, 0.05) is 19.0 Å². The van der Waals surface area contributed by atoms with Gasteiger partial charge in [0.05, 0.1) is 7.11 Å². The number of halogens is 1. The lowest BCUT2D eigenvalue weighted by Gasteiger charge is -2.16. The summed E-state index contributed by atoms with van der Waals surface area (Å²) >= 11 is 5.59. The Balaban J connectivity index is 2.55. The number of carbonyl (C=O) groups excluding carboxylic acids is 1. The first-order valence-electron chi connectivity index (χ1n) is 4.91. The number of hydrogen-bond acceptors (Lipinski definition) is 4. The monoisotopic (exact) mass is 270 g/mol. The van der Waals surface area contributed by atoms with Gasteiger partial charge in [0.2, 0.25) is 0 Å². The van der Waals surface area contributed by atoms with Gasteiger partial charge in [0.25, 0.3) is 0 Å². The lowest BCUT2D eigenvalue weighted by molar-refractivity contribution is 0.177. The Hall–Kier alpha value is -0.530. The van der Waals surface area contributed by atoms with E-state index in [-0.39, 0.29) is 5.92 Å². The van der Waals surface area contributed by atoms with E-state index >= 15 is 0 Å². The van der Waals surface area contributed by atoms with E-state index in [1.165, 1.54) is 4.31 Å². The van der Waals surface area contributed by atoms with Gasteiger partial charge >= 0.3 is 16.3 Å². The molecule has 1 heterocycles. The van der Waals surface area contributed by atoms with Crippen LogP contribution >= 0.6 is 11.6 Å². The summed E-state index contributed by atoms with van der Waals surface area (Å²) in [7, 11) is -2.64. The third-order valence-corrected chi connectivity index (χ3v) is 4.16. The lowest BCUT2D eigenvalue weighted by Crippen LogP contribution is -2.42. The Morgan fingerprint density at radius 1 is 1.62 bits per heavy atom. The molecule has 0 aromatic rings. The van der Waals surface area contributed by atoms with E-state index in [0.29, 0.717) is 19.0 Å². The maximum Gasteiger partial charge on any atom is 0.421 e. The quantitative estimate of drug-likeness (QED) is 0.757. The molecular weight excluding hydrogens is 256 g/mol. The van der Waals surface area contributed by atoms with Crippen LogP contribution in [0.15, 0.2) is 0 Å². The normalized spacial score (nSPS) is 22.0. The summed E-state index contributed by atoms with van der Waals surface area (Å²) in [5.41, 5.74) is 0. The van der Waals surface area contributed by atoms with Gasteiger partial charge in [-0.15, -0.1) is 11.6 Å². The van der Waals surface area contributed by atoms with Gasteiger partial charge in [-0.25, -0.2) is 9.52 Å². The first kappa shape index (κ1) is 13.5. The molecule has 1 aliphatic rings. The fourth-order valence-corrected chi connectivity index (χ4v) is 3.10. The molecule has 0 bridgehead atoms. The van der Waals surface area contributed by atoms with Gasteiger partial charge in [0.1, 0.15) is 0 Å². The molecule has 0 aliphatic carbocycles. The smallest absolute Gasteiger partial charge is 0.421 e. The molecule has 0 aromatic heterocycles. The number of alkyl halides is 1. The van der Waals surface area contributed by atoms with Crippen molar-refractivity contribution in [2.45, 2.75) is 12.8 Å². The molecule has 1 atom stereocenters. The van der Waals surface area contributed by atoms with Crippen LogP contribution in [0.25, 0.3) is 0 Å². The molecule has 1 N–H and O–H groups in total. The minimum absolute atomic E-state index is 0.270. The molecule has 0 aromatic carbocycles. The van der Waals surface area contributed by atoms with Crippen molar-refractivity contribution >= 4 is 27.9 Å². The highest BCUT2D eigenvalue weighted by Crippen LogP contribution is 2.21. The molecule has 0 spiro atoms. The van der Waals surface area contributed by atoms with E-state index in [2.05, 4.69) is 4.74 Å². The number of rotatable bonds is 4.